The van der Waals surface area contributed by atoms with Gasteiger partial charge in [0, 0.05) is 17.9 Å². The van der Waals surface area contributed by atoms with Gasteiger partial charge in [-0.05, 0) is 50.5 Å². The van der Waals surface area contributed by atoms with Crippen LogP contribution in [0.1, 0.15) is 47.1 Å². The molecule has 1 aromatic carbocycles. The van der Waals surface area contributed by atoms with Gasteiger partial charge in [-0.3, -0.25) is 0 Å². The van der Waals surface area contributed by atoms with Gasteiger partial charge in [-0.25, -0.2) is 9.97 Å². The third kappa shape index (κ3) is 2.58. The van der Waals surface area contributed by atoms with E-state index in [0.29, 0.717) is 5.92 Å². The molecule has 1 aliphatic heterocycles. The van der Waals surface area contributed by atoms with Crippen molar-refractivity contribution in [3.8, 4) is 0 Å². The lowest BCUT2D eigenvalue weighted by Crippen LogP contribution is -2.06. The zero-order valence-corrected chi connectivity index (χ0v) is 14.6. The fraction of sp³-hybridized carbons (Fsp3) is 0.444. The third-order valence-electron chi connectivity index (χ3n) is 4.85. The van der Waals surface area contributed by atoms with Gasteiger partial charge >= 0.3 is 0 Å². The highest BCUT2D eigenvalue weighted by atomic mass is 32.1. The molecule has 4 rings (SSSR count). The first-order valence-electron chi connectivity index (χ1n) is 8.10. The molecule has 3 heterocycles. The average molecular weight is 327 g/mol. The van der Waals surface area contributed by atoms with Crippen LogP contribution in [-0.2, 0) is 4.74 Å². The molecule has 0 bridgehead atoms. The molecule has 0 unspecified atom stereocenters. The Morgan fingerprint density at radius 1 is 1.30 bits per heavy atom. The molecular formula is C18H21N3OS. The minimum absolute atomic E-state index is 0.197. The van der Waals surface area contributed by atoms with Gasteiger partial charge in [0.2, 0.25) is 0 Å². The quantitative estimate of drug-likeness (QED) is 0.723. The van der Waals surface area contributed by atoms with E-state index < -0.39 is 0 Å². The molecule has 5 heteroatoms. The second-order valence-corrected chi connectivity index (χ2v) is 7.31. The summed E-state index contributed by atoms with van der Waals surface area (Å²) in [5.41, 5.74) is 6.01. The van der Waals surface area contributed by atoms with Crippen molar-refractivity contribution in [3.63, 3.8) is 0 Å². The largest absolute Gasteiger partial charge is 0.381 e. The smallest absolute Gasteiger partial charge is 0.116 e. The summed E-state index contributed by atoms with van der Waals surface area (Å²) in [5.74, 6) is 0.469. The number of fused-ring (bicyclic) bond motifs is 1. The minimum Gasteiger partial charge on any atom is -0.381 e. The zero-order valence-electron chi connectivity index (χ0n) is 13.7. The van der Waals surface area contributed by atoms with Crippen LogP contribution in [0.5, 0.6) is 0 Å². The number of imidazole rings is 1. The van der Waals surface area contributed by atoms with Crippen LogP contribution in [0.25, 0.3) is 11.0 Å². The SMILES string of the molecule is Cc1cc2ncn([C@@H](C)c3nc([C@@H]4CCOC4)cs3)c2cc1C. The van der Waals surface area contributed by atoms with E-state index in [1.165, 1.54) is 22.3 Å². The predicted molar refractivity (Wildman–Crippen MR) is 93.3 cm³/mol. The van der Waals surface area contributed by atoms with E-state index in [1.54, 1.807) is 11.3 Å². The first-order chi connectivity index (χ1) is 11.1. The summed E-state index contributed by atoms with van der Waals surface area (Å²) in [7, 11) is 0. The van der Waals surface area contributed by atoms with Crippen molar-refractivity contribution in [1.82, 2.24) is 14.5 Å². The van der Waals surface area contributed by atoms with Crippen LogP contribution in [-0.4, -0.2) is 27.7 Å². The Labute approximate surface area is 140 Å². The number of thiazole rings is 1. The topological polar surface area (TPSA) is 39.9 Å². The summed E-state index contributed by atoms with van der Waals surface area (Å²) >= 11 is 1.74. The summed E-state index contributed by atoms with van der Waals surface area (Å²) in [6.07, 6.45) is 3.03. The summed E-state index contributed by atoms with van der Waals surface area (Å²) < 4.78 is 7.72. The number of rotatable bonds is 3. The fourth-order valence-electron chi connectivity index (χ4n) is 3.16. The molecule has 0 spiro atoms. The van der Waals surface area contributed by atoms with E-state index in [9.17, 15) is 0 Å². The van der Waals surface area contributed by atoms with E-state index in [1.807, 2.05) is 6.33 Å². The Bertz CT molecular complexity index is 845. The average Bonchev–Trinajstić information content (AvgIpc) is 3.27. The minimum atomic E-state index is 0.197. The first-order valence-corrected chi connectivity index (χ1v) is 8.98. The highest BCUT2D eigenvalue weighted by Crippen LogP contribution is 2.31. The Balaban J connectivity index is 1.69. The molecule has 1 saturated heterocycles. The molecule has 120 valence electrons. The van der Waals surface area contributed by atoms with Crippen molar-refractivity contribution in [2.24, 2.45) is 0 Å². The number of nitrogens with zero attached hydrogens (tertiary/aromatic N) is 3. The second kappa shape index (κ2) is 5.73. The van der Waals surface area contributed by atoms with Crippen molar-refractivity contribution in [1.29, 1.82) is 0 Å². The number of hydrogen-bond donors (Lipinski definition) is 0. The molecule has 0 aliphatic carbocycles. The van der Waals surface area contributed by atoms with Crippen LogP contribution in [0.4, 0.5) is 0 Å². The monoisotopic (exact) mass is 327 g/mol. The normalized spacial score (nSPS) is 19.5. The number of ether oxygens (including phenoxy) is 1. The molecule has 2 aromatic heterocycles. The third-order valence-corrected chi connectivity index (χ3v) is 5.89. The first kappa shape index (κ1) is 14.8. The van der Waals surface area contributed by atoms with Gasteiger partial charge in [-0.15, -0.1) is 11.3 Å². The number of aryl methyl sites for hydroxylation is 2. The molecule has 0 radical (unpaired) electrons. The molecule has 3 aromatic rings. The van der Waals surface area contributed by atoms with E-state index >= 15 is 0 Å². The summed E-state index contributed by atoms with van der Waals surface area (Å²) in [4.78, 5) is 9.46. The molecule has 23 heavy (non-hydrogen) atoms. The lowest BCUT2D eigenvalue weighted by atomic mass is 10.1. The molecule has 1 fully saturated rings. The van der Waals surface area contributed by atoms with Crippen molar-refractivity contribution >= 4 is 22.4 Å². The molecular weight excluding hydrogens is 306 g/mol. The van der Waals surface area contributed by atoms with Gasteiger partial charge in [0.15, 0.2) is 0 Å². The Morgan fingerprint density at radius 3 is 2.91 bits per heavy atom. The Morgan fingerprint density at radius 2 is 2.13 bits per heavy atom. The molecule has 2 atom stereocenters. The van der Waals surface area contributed by atoms with Gasteiger partial charge in [0.25, 0.3) is 0 Å². The lowest BCUT2D eigenvalue weighted by Gasteiger charge is -2.12. The van der Waals surface area contributed by atoms with Gasteiger partial charge in [0.05, 0.1) is 35.7 Å². The van der Waals surface area contributed by atoms with Gasteiger partial charge in [-0.2, -0.15) is 0 Å². The molecule has 4 nitrogen and oxygen atoms in total. The van der Waals surface area contributed by atoms with E-state index in [-0.39, 0.29) is 6.04 Å². The fourth-order valence-corrected chi connectivity index (χ4v) is 4.11. The van der Waals surface area contributed by atoms with E-state index in [0.717, 1.165) is 30.2 Å². The maximum atomic E-state index is 5.48. The summed E-state index contributed by atoms with van der Waals surface area (Å²) in [6, 6.07) is 4.59. The van der Waals surface area contributed by atoms with Crippen molar-refractivity contribution in [3.05, 3.63) is 45.7 Å². The summed E-state index contributed by atoms with van der Waals surface area (Å²) in [6.45, 7) is 8.15. The number of hydrogen-bond acceptors (Lipinski definition) is 4. The van der Waals surface area contributed by atoms with Crippen LogP contribution in [0, 0.1) is 13.8 Å². The van der Waals surface area contributed by atoms with Crippen LogP contribution >= 0.6 is 11.3 Å². The van der Waals surface area contributed by atoms with Crippen molar-refractivity contribution in [2.45, 2.75) is 39.2 Å². The maximum absolute atomic E-state index is 5.48. The molecule has 0 saturated carbocycles. The van der Waals surface area contributed by atoms with Gasteiger partial charge < -0.3 is 9.30 Å². The van der Waals surface area contributed by atoms with Crippen LogP contribution in [0.15, 0.2) is 23.8 Å². The van der Waals surface area contributed by atoms with Gasteiger partial charge in [-0.1, -0.05) is 0 Å². The Kier molecular flexibility index (Phi) is 3.70. The van der Waals surface area contributed by atoms with Crippen LogP contribution in [0.2, 0.25) is 0 Å². The van der Waals surface area contributed by atoms with Crippen LogP contribution < -0.4 is 0 Å². The second-order valence-electron chi connectivity index (χ2n) is 6.42. The highest BCUT2D eigenvalue weighted by molar-refractivity contribution is 7.09. The highest BCUT2D eigenvalue weighted by Gasteiger charge is 2.22. The zero-order chi connectivity index (χ0) is 16.0. The molecule has 1 aliphatic rings. The van der Waals surface area contributed by atoms with Crippen LogP contribution in [0.3, 0.4) is 0 Å². The van der Waals surface area contributed by atoms with E-state index in [4.69, 9.17) is 9.72 Å². The van der Waals surface area contributed by atoms with E-state index in [2.05, 4.69) is 47.8 Å². The summed E-state index contributed by atoms with van der Waals surface area (Å²) in [5, 5.41) is 3.34. The Hall–Kier alpha value is -1.72. The van der Waals surface area contributed by atoms with Gasteiger partial charge in [0.1, 0.15) is 5.01 Å². The lowest BCUT2D eigenvalue weighted by molar-refractivity contribution is 0.193. The molecule has 0 amide bonds. The number of benzene rings is 1. The van der Waals surface area contributed by atoms with Crippen molar-refractivity contribution < 1.29 is 4.74 Å². The number of aromatic nitrogens is 3. The molecule has 0 N–H and O–H groups in total. The standard InChI is InChI=1S/C18H21N3OS/c1-11-6-15-17(7-12(11)2)21(10-19-15)13(3)18-20-16(9-23-18)14-4-5-22-8-14/h6-7,9-10,13-14H,4-5,8H2,1-3H3/t13-,14+/m0/s1. The predicted octanol–water partition coefficient (Wildman–Crippen LogP) is 4.22. The maximum Gasteiger partial charge on any atom is 0.116 e. The van der Waals surface area contributed by atoms with Crippen molar-refractivity contribution in [2.75, 3.05) is 13.2 Å².